The molecule has 1 aliphatic heterocycles. The number of fused-ring (bicyclic) bond motifs is 1. The Hall–Kier alpha value is -1.85. The molecule has 1 atom stereocenters. The van der Waals surface area contributed by atoms with Crippen LogP contribution in [0.1, 0.15) is 48.8 Å². The topological polar surface area (TPSA) is 76.0 Å². The molecular weight excluding hydrogens is 280 g/mol. The minimum absolute atomic E-state index is 0.00740. The summed E-state index contributed by atoms with van der Waals surface area (Å²) in [5, 5.41) is 5.92. The van der Waals surface area contributed by atoms with Gasteiger partial charge in [0, 0.05) is 19.6 Å². The normalized spacial score (nSPS) is 20.3. The number of carbonyl (C=O) groups excluding carboxylic acids is 2. The number of carbonyl (C=O) groups is 2. The second kappa shape index (κ2) is 6.50. The molecule has 1 aromatic rings. The Morgan fingerprint density at radius 2 is 2.14 bits per heavy atom. The highest BCUT2D eigenvalue weighted by molar-refractivity contribution is 5.93. The van der Waals surface area contributed by atoms with E-state index in [-0.39, 0.29) is 17.7 Å². The minimum Gasteiger partial charge on any atom is -0.356 e. The summed E-state index contributed by atoms with van der Waals surface area (Å²) >= 11 is 0. The fraction of sp³-hybridized carbons (Fsp3) is 0.688. The van der Waals surface area contributed by atoms with Crippen LogP contribution in [0.25, 0.3) is 0 Å². The lowest BCUT2D eigenvalue weighted by molar-refractivity contribution is -0.126. The maximum Gasteiger partial charge on any atom is 0.271 e. The molecule has 6 nitrogen and oxygen atoms in total. The van der Waals surface area contributed by atoms with Crippen molar-refractivity contribution in [3.63, 3.8) is 0 Å². The number of rotatable bonds is 6. The maximum atomic E-state index is 12.2. The second-order valence-electron chi connectivity index (χ2n) is 6.37. The molecule has 3 rings (SSSR count). The molecule has 6 heteroatoms. The molecule has 1 unspecified atom stereocenters. The lowest BCUT2D eigenvalue weighted by Crippen LogP contribution is -2.37. The second-order valence-corrected chi connectivity index (χ2v) is 6.37. The van der Waals surface area contributed by atoms with Gasteiger partial charge in [0.05, 0.1) is 17.9 Å². The van der Waals surface area contributed by atoms with E-state index in [9.17, 15) is 9.59 Å². The van der Waals surface area contributed by atoms with Crippen LogP contribution in [0.15, 0.2) is 6.33 Å². The van der Waals surface area contributed by atoms with Gasteiger partial charge in [-0.05, 0) is 38.0 Å². The molecular formula is C16H24N4O2. The van der Waals surface area contributed by atoms with E-state index in [0.29, 0.717) is 24.7 Å². The van der Waals surface area contributed by atoms with Gasteiger partial charge >= 0.3 is 0 Å². The highest BCUT2D eigenvalue weighted by Gasteiger charge is 2.29. The van der Waals surface area contributed by atoms with Crippen molar-refractivity contribution in [2.75, 3.05) is 13.1 Å². The predicted octanol–water partition coefficient (Wildman–Crippen LogP) is 1.11. The molecule has 0 radical (unpaired) electrons. The Morgan fingerprint density at radius 3 is 2.86 bits per heavy atom. The zero-order chi connectivity index (χ0) is 15.5. The average Bonchev–Trinajstić information content (AvgIpc) is 3.27. The maximum absolute atomic E-state index is 12.2. The largest absolute Gasteiger partial charge is 0.356 e. The van der Waals surface area contributed by atoms with Crippen LogP contribution in [0.3, 0.4) is 0 Å². The first-order valence-corrected chi connectivity index (χ1v) is 8.29. The Bertz CT molecular complexity index is 562. The molecule has 0 spiro atoms. The molecule has 2 amide bonds. The van der Waals surface area contributed by atoms with Crippen molar-refractivity contribution in [1.29, 1.82) is 0 Å². The van der Waals surface area contributed by atoms with Crippen molar-refractivity contribution in [2.45, 2.75) is 45.6 Å². The summed E-state index contributed by atoms with van der Waals surface area (Å²) in [6.45, 7) is 4.13. The number of imidazole rings is 1. The van der Waals surface area contributed by atoms with Gasteiger partial charge in [-0.25, -0.2) is 4.98 Å². The van der Waals surface area contributed by atoms with Gasteiger partial charge in [0.25, 0.3) is 5.91 Å². The molecule has 0 saturated heterocycles. The summed E-state index contributed by atoms with van der Waals surface area (Å²) in [6.07, 6.45) is 6.61. The standard InChI is InChI=1S/C16H24N4O2/c1-2-7-17-16(22)14-13-6-5-12(9-20(13)10-19-14)15(21)18-8-11-3-4-11/h10-12H,2-9H2,1H3,(H,17,22)(H,18,21). The van der Waals surface area contributed by atoms with Gasteiger partial charge in [-0.3, -0.25) is 9.59 Å². The van der Waals surface area contributed by atoms with E-state index in [1.165, 1.54) is 12.8 Å². The average molecular weight is 304 g/mol. The minimum atomic E-state index is -0.104. The third-order valence-corrected chi connectivity index (χ3v) is 4.48. The van der Waals surface area contributed by atoms with E-state index >= 15 is 0 Å². The fourth-order valence-electron chi connectivity index (χ4n) is 2.90. The van der Waals surface area contributed by atoms with Crippen LogP contribution in [-0.4, -0.2) is 34.5 Å². The van der Waals surface area contributed by atoms with Gasteiger partial charge in [0.1, 0.15) is 5.69 Å². The molecule has 0 bridgehead atoms. The van der Waals surface area contributed by atoms with Gasteiger partial charge in [0.15, 0.2) is 0 Å². The van der Waals surface area contributed by atoms with E-state index in [0.717, 1.165) is 31.5 Å². The Kier molecular flexibility index (Phi) is 4.45. The Morgan fingerprint density at radius 1 is 1.32 bits per heavy atom. The van der Waals surface area contributed by atoms with E-state index in [1.54, 1.807) is 6.33 Å². The molecule has 2 aliphatic rings. The molecule has 22 heavy (non-hydrogen) atoms. The van der Waals surface area contributed by atoms with E-state index < -0.39 is 0 Å². The summed E-state index contributed by atoms with van der Waals surface area (Å²) in [5.74, 6) is 0.729. The molecule has 1 aliphatic carbocycles. The van der Waals surface area contributed by atoms with Crippen LogP contribution in [0, 0.1) is 11.8 Å². The molecule has 120 valence electrons. The highest BCUT2D eigenvalue weighted by Crippen LogP contribution is 2.28. The van der Waals surface area contributed by atoms with Crippen LogP contribution in [0.2, 0.25) is 0 Å². The van der Waals surface area contributed by atoms with Gasteiger partial charge in [-0.2, -0.15) is 0 Å². The van der Waals surface area contributed by atoms with Crippen molar-refractivity contribution in [3.8, 4) is 0 Å². The number of aromatic nitrogens is 2. The monoisotopic (exact) mass is 304 g/mol. The third kappa shape index (κ3) is 3.31. The smallest absolute Gasteiger partial charge is 0.271 e. The predicted molar refractivity (Wildman–Crippen MR) is 82.4 cm³/mol. The first-order valence-electron chi connectivity index (χ1n) is 8.29. The van der Waals surface area contributed by atoms with E-state index in [2.05, 4.69) is 15.6 Å². The Balaban J connectivity index is 1.60. The van der Waals surface area contributed by atoms with Crippen LogP contribution >= 0.6 is 0 Å². The third-order valence-electron chi connectivity index (χ3n) is 4.48. The summed E-state index contributed by atoms with van der Waals surface area (Å²) in [6, 6.07) is 0. The first kappa shape index (κ1) is 15.1. The van der Waals surface area contributed by atoms with Gasteiger partial charge in [-0.15, -0.1) is 0 Å². The Labute approximate surface area is 130 Å². The number of amides is 2. The molecule has 1 saturated carbocycles. The van der Waals surface area contributed by atoms with Gasteiger partial charge < -0.3 is 15.2 Å². The zero-order valence-corrected chi connectivity index (χ0v) is 13.1. The summed E-state index contributed by atoms with van der Waals surface area (Å²) < 4.78 is 1.96. The molecule has 1 aromatic heterocycles. The molecule has 2 N–H and O–H groups in total. The van der Waals surface area contributed by atoms with Crippen LogP contribution < -0.4 is 10.6 Å². The van der Waals surface area contributed by atoms with Gasteiger partial charge in [0.2, 0.25) is 5.91 Å². The van der Waals surface area contributed by atoms with Crippen LogP contribution in [0.5, 0.6) is 0 Å². The number of hydrogen-bond donors (Lipinski definition) is 2. The van der Waals surface area contributed by atoms with Crippen molar-refractivity contribution in [3.05, 3.63) is 17.7 Å². The lowest BCUT2D eigenvalue weighted by Gasteiger charge is -2.24. The number of hydrogen-bond acceptors (Lipinski definition) is 3. The molecule has 2 heterocycles. The zero-order valence-electron chi connectivity index (χ0n) is 13.1. The first-order chi connectivity index (χ1) is 10.7. The molecule has 0 aromatic carbocycles. The lowest BCUT2D eigenvalue weighted by atomic mass is 9.96. The van der Waals surface area contributed by atoms with E-state index in [1.807, 2.05) is 11.5 Å². The van der Waals surface area contributed by atoms with Crippen molar-refractivity contribution in [1.82, 2.24) is 20.2 Å². The van der Waals surface area contributed by atoms with Crippen LogP contribution in [0.4, 0.5) is 0 Å². The van der Waals surface area contributed by atoms with Crippen molar-refractivity contribution >= 4 is 11.8 Å². The molecule has 1 fully saturated rings. The van der Waals surface area contributed by atoms with Crippen molar-refractivity contribution in [2.24, 2.45) is 11.8 Å². The van der Waals surface area contributed by atoms with Crippen molar-refractivity contribution < 1.29 is 9.59 Å². The summed E-state index contributed by atoms with van der Waals surface area (Å²) in [4.78, 5) is 28.5. The number of nitrogens with zero attached hydrogens (tertiary/aromatic N) is 2. The number of nitrogens with one attached hydrogen (secondary N) is 2. The highest BCUT2D eigenvalue weighted by atomic mass is 16.2. The van der Waals surface area contributed by atoms with E-state index in [4.69, 9.17) is 0 Å². The fourth-order valence-corrected chi connectivity index (χ4v) is 2.90. The van der Waals surface area contributed by atoms with Gasteiger partial charge in [-0.1, -0.05) is 6.92 Å². The quantitative estimate of drug-likeness (QED) is 0.826. The summed E-state index contributed by atoms with van der Waals surface area (Å²) in [5.41, 5.74) is 1.48. The summed E-state index contributed by atoms with van der Waals surface area (Å²) in [7, 11) is 0. The van der Waals surface area contributed by atoms with Crippen LogP contribution in [-0.2, 0) is 17.8 Å². The SMILES string of the molecule is CCCNC(=O)c1ncn2c1CCC(C(=O)NCC1CC1)C2.